The lowest BCUT2D eigenvalue weighted by molar-refractivity contribution is 0.498. The maximum Gasteiger partial charge on any atom is 0.105 e. The summed E-state index contributed by atoms with van der Waals surface area (Å²) in [5, 5.41) is 13.7. The van der Waals surface area contributed by atoms with E-state index in [0.717, 1.165) is 28.8 Å². The van der Waals surface area contributed by atoms with Gasteiger partial charge in [-0.05, 0) is 25.1 Å². The van der Waals surface area contributed by atoms with E-state index in [1.807, 2.05) is 36.4 Å². The first-order valence-electron chi connectivity index (χ1n) is 6.84. The maximum atomic E-state index is 9.30. The summed E-state index contributed by atoms with van der Waals surface area (Å²) in [5.41, 5.74) is 2.27. The monoisotopic (exact) mass is 277 g/mol. The van der Waals surface area contributed by atoms with E-state index >= 15 is 0 Å². The van der Waals surface area contributed by atoms with E-state index in [1.165, 1.54) is 0 Å². The van der Waals surface area contributed by atoms with Crippen molar-refractivity contribution in [3.05, 3.63) is 60.2 Å². The number of nitrogens with zero attached hydrogens (tertiary/aromatic N) is 2. The number of hydrogen-bond acceptors (Lipinski definition) is 4. The highest BCUT2D eigenvalue weighted by atomic mass is 16.3. The van der Waals surface area contributed by atoms with Crippen molar-refractivity contribution in [2.45, 2.75) is 19.4 Å². The number of aromatic nitrogens is 1. The number of rotatable bonds is 4. The Kier molecular flexibility index (Phi) is 3.57. The highest BCUT2D eigenvalue weighted by Crippen LogP contribution is 2.26. The van der Waals surface area contributed by atoms with Gasteiger partial charge in [-0.25, -0.2) is 0 Å². The topological polar surface area (TPSA) is 61.9 Å². The van der Waals surface area contributed by atoms with Crippen molar-refractivity contribution in [2.24, 2.45) is 0 Å². The standard InChI is InChI=1S/C17H15N3O/c1-12(9-14-5-4-8-21-14)20-17-13(10-18)11-19-16-7-3-2-6-15(16)17/h2-8,11-12H,9H2,1H3,(H,19,20). The summed E-state index contributed by atoms with van der Waals surface area (Å²) >= 11 is 0. The molecular weight excluding hydrogens is 262 g/mol. The smallest absolute Gasteiger partial charge is 0.105 e. The lowest BCUT2D eigenvalue weighted by Gasteiger charge is -2.17. The summed E-state index contributed by atoms with van der Waals surface area (Å²) in [6.07, 6.45) is 4.05. The third-order valence-electron chi connectivity index (χ3n) is 3.37. The summed E-state index contributed by atoms with van der Waals surface area (Å²) in [4.78, 5) is 4.31. The van der Waals surface area contributed by atoms with Gasteiger partial charge in [0, 0.05) is 24.0 Å². The minimum atomic E-state index is 0.147. The zero-order valence-corrected chi connectivity index (χ0v) is 11.7. The lowest BCUT2D eigenvalue weighted by atomic mass is 10.1. The van der Waals surface area contributed by atoms with Crippen LogP contribution >= 0.6 is 0 Å². The van der Waals surface area contributed by atoms with E-state index in [-0.39, 0.29) is 6.04 Å². The van der Waals surface area contributed by atoms with Gasteiger partial charge in [-0.2, -0.15) is 5.26 Å². The van der Waals surface area contributed by atoms with Crippen molar-refractivity contribution < 1.29 is 4.42 Å². The van der Waals surface area contributed by atoms with Crippen LogP contribution in [0.2, 0.25) is 0 Å². The van der Waals surface area contributed by atoms with Crippen LogP contribution in [0.25, 0.3) is 10.9 Å². The molecule has 4 heteroatoms. The second-order valence-electron chi connectivity index (χ2n) is 5.00. The van der Waals surface area contributed by atoms with E-state index in [4.69, 9.17) is 4.42 Å². The Morgan fingerprint density at radius 3 is 2.90 bits per heavy atom. The molecule has 21 heavy (non-hydrogen) atoms. The van der Waals surface area contributed by atoms with Crippen molar-refractivity contribution in [1.82, 2.24) is 4.98 Å². The zero-order valence-electron chi connectivity index (χ0n) is 11.7. The van der Waals surface area contributed by atoms with Gasteiger partial charge >= 0.3 is 0 Å². The molecule has 0 aliphatic carbocycles. The van der Waals surface area contributed by atoms with Crippen LogP contribution in [0, 0.1) is 11.3 Å². The summed E-state index contributed by atoms with van der Waals surface area (Å²) in [6, 6.07) is 14.0. The molecule has 0 radical (unpaired) electrons. The third-order valence-corrected chi connectivity index (χ3v) is 3.37. The number of fused-ring (bicyclic) bond motifs is 1. The molecule has 0 spiro atoms. The molecule has 0 saturated heterocycles. The highest BCUT2D eigenvalue weighted by Gasteiger charge is 2.12. The predicted octanol–water partition coefficient (Wildman–Crippen LogP) is 3.74. The van der Waals surface area contributed by atoms with Crippen LogP contribution in [0.3, 0.4) is 0 Å². The molecule has 1 aromatic carbocycles. The molecule has 0 saturated carbocycles. The molecule has 0 bridgehead atoms. The number of pyridine rings is 1. The van der Waals surface area contributed by atoms with Crippen LogP contribution in [0.1, 0.15) is 18.2 Å². The van der Waals surface area contributed by atoms with Crippen LogP contribution in [0.4, 0.5) is 5.69 Å². The van der Waals surface area contributed by atoms with Crippen molar-refractivity contribution in [3.63, 3.8) is 0 Å². The van der Waals surface area contributed by atoms with Gasteiger partial charge in [-0.3, -0.25) is 4.98 Å². The average Bonchev–Trinajstić information content (AvgIpc) is 3.00. The minimum absolute atomic E-state index is 0.147. The van der Waals surface area contributed by atoms with E-state index in [2.05, 4.69) is 23.3 Å². The molecule has 1 unspecified atom stereocenters. The number of nitriles is 1. The molecule has 1 N–H and O–H groups in total. The molecule has 2 heterocycles. The van der Waals surface area contributed by atoms with Gasteiger partial charge in [0.05, 0.1) is 23.0 Å². The normalized spacial score (nSPS) is 12.0. The fraction of sp³-hybridized carbons (Fsp3) is 0.176. The molecule has 0 amide bonds. The van der Waals surface area contributed by atoms with Gasteiger partial charge in [0.25, 0.3) is 0 Å². The summed E-state index contributed by atoms with van der Waals surface area (Å²) in [7, 11) is 0. The molecule has 2 aromatic heterocycles. The first kappa shape index (κ1) is 13.2. The molecule has 4 nitrogen and oxygen atoms in total. The second kappa shape index (κ2) is 5.68. The summed E-state index contributed by atoms with van der Waals surface area (Å²) in [5.74, 6) is 0.923. The van der Waals surface area contributed by atoms with Crippen molar-refractivity contribution in [1.29, 1.82) is 5.26 Å². The quantitative estimate of drug-likeness (QED) is 0.789. The first-order chi connectivity index (χ1) is 10.3. The Morgan fingerprint density at radius 2 is 2.14 bits per heavy atom. The van der Waals surface area contributed by atoms with Crippen LogP contribution in [-0.4, -0.2) is 11.0 Å². The van der Waals surface area contributed by atoms with E-state index in [0.29, 0.717) is 5.56 Å². The first-order valence-corrected chi connectivity index (χ1v) is 6.84. The fourth-order valence-electron chi connectivity index (χ4n) is 2.41. The maximum absolute atomic E-state index is 9.30. The summed E-state index contributed by atoms with van der Waals surface area (Å²) < 4.78 is 5.37. The predicted molar refractivity (Wildman–Crippen MR) is 82.0 cm³/mol. The van der Waals surface area contributed by atoms with Crippen LogP contribution in [0.5, 0.6) is 0 Å². The van der Waals surface area contributed by atoms with E-state index in [1.54, 1.807) is 12.5 Å². The average molecular weight is 277 g/mol. The van der Waals surface area contributed by atoms with Gasteiger partial charge in [0.15, 0.2) is 0 Å². The van der Waals surface area contributed by atoms with Crippen molar-refractivity contribution >= 4 is 16.6 Å². The van der Waals surface area contributed by atoms with Gasteiger partial charge in [0.2, 0.25) is 0 Å². The Bertz CT molecular complexity index is 787. The molecule has 3 rings (SSSR count). The Morgan fingerprint density at radius 1 is 1.29 bits per heavy atom. The lowest BCUT2D eigenvalue weighted by Crippen LogP contribution is -2.18. The number of benzene rings is 1. The largest absolute Gasteiger partial charge is 0.469 e. The Balaban J connectivity index is 1.93. The van der Waals surface area contributed by atoms with Crippen LogP contribution in [-0.2, 0) is 6.42 Å². The van der Waals surface area contributed by atoms with Gasteiger partial charge < -0.3 is 9.73 Å². The Hall–Kier alpha value is -2.80. The number of anilines is 1. The van der Waals surface area contributed by atoms with Gasteiger partial charge in [-0.15, -0.1) is 0 Å². The summed E-state index contributed by atoms with van der Waals surface area (Å²) in [6.45, 7) is 2.07. The minimum Gasteiger partial charge on any atom is -0.469 e. The molecule has 0 aliphatic heterocycles. The third kappa shape index (κ3) is 2.72. The fourth-order valence-corrected chi connectivity index (χ4v) is 2.41. The molecule has 104 valence electrons. The number of furan rings is 1. The number of hydrogen-bond donors (Lipinski definition) is 1. The Labute approximate surface area is 123 Å². The molecule has 0 fully saturated rings. The van der Waals surface area contributed by atoms with Crippen LogP contribution < -0.4 is 5.32 Å². The van der Waals surface area contributed by atoms with Crippen molar-refractivity contribution in [3.8, 4) is 6.07 Å². The van der Waals surface area contributed by atoms with Crippen molar-refractivity contribution in [2.75, 3.05) is 5.32 Å². The van der Waals surface area contributed by atoms with E-state index in [9.17, 15) is 5.26 Å². The van der Waals surface area contributed by atoms with Gasteiger partial charge in [-0.1, -0.05) is 18.2 Å². The number of para-hydroxylation sites is 1. The van der Waals surface area contributed by atoms with Crippen LogP contribution in [0.15, 0.2) is 53.3 Å². The molecule has 3 aromatic rings. The van der Waals surface area contributed by atoms with E-state index < -0.39 is 0 Å². The SMILES string of the molecule is CC(Cc1ccco1)Nc1c(C#N)cnc2ccccc12. The zero-order chi connectivity index (χ0) is 14.7. The number of nitrogens with one attached hydrogen (secondary N) is 1. The molecule has 1 atom stereocenters. The highest BCUT2D eigenvalue weighted by molar-refractivity contribution is 5.93. The molecular formula is C17H15N3O. The van der Waals surface area contributed by atoms with Gasteiger partial charge in [0.1, 0.15) is 11.8 Å². The molecule has 0 aliphatic rings. The second-order valence-corrected chi connectivity index (χ2v) is 5.00.